The molecular formula is C15H7N9O12. The number of anilines is 2. The van der Waals surface area contributed by atoms with Gasteiger partial charge in [0, 0.05) is 12.3 Å². The summed E-state index contributed by atoms with van der Waals surface area (Å²) in [6.07, 6.45) is 0.895. The summed E-state index contributed by atoms with van der Waals surface area (Å²) in [5, 5.41) is 73.7. The molecule has 1 aromatic heterocycles. The van der Waals surface area contributed by atoms with Crippen LogP contribution in [0.4, 0.5) is 45.6 Å². The Hall–Kier alpha value is -6.15. The SMILES string of the molecule is O=[N+]([O-])c1cc([N+](=O)[O-])c(Nc2ccn(-c3c([N+](=O)[O-])cc([N+](=O)[O-])cc3[N+](=O)[O-])n2)c([N+](=O)[O-])c1. The van der Waals surface area contributed by atoms with Crippen LogP contribution in [0.3, 0.4) is 0 Å². The second kappa shape index (κ2) is 9.00. The average molecular weight is 505 g/mol. The molecule has 21 nitrogen and oxygen atoms in total. The van der Waals surface area contributed by atoms with Crippen LogP contribution in [0, 0.1) is 60.7 Å². The number of non-ortho nitro benzene ring substituents is 2. The highest BCUT2D eigenvalue weighted by atomic mass is 16.6. The highest BCUT2D eigenvalue weighted by Gasteiger charge is 2.34. The number of nitro groups is 6. The summed E-state index contributed by atoms with van der Waals surface area (Å²) < 4.78 is 0.547. The number of nitrogens with zero attached hydrogens (tertiary/aromatic N) is 8. The van der Waals surface area contributed by atoms with Gasteiger partial charge in [0.1, 0.15) is 0 Å². The van der Waals surface area contributed by atoms with Crippen molar-refractivity contribution in [3.8, 4) is 5.69 Å². The van der Waals surface area contributed by atoms with Crippen molar-refractivity contribution >= 4 is 45.6 Å². The minimum Gasteiger partial charge on any atom is -0.327 e. The van der Waals surface area contributed by atoms with E-state index in [1.807, 2.05) is 0 Å². The van der Waals surface area contributed by atoms with Gasteiger partial charge in [0.15, 0.2) is 11.5 Å². The van der Waals surface area contributed by atoms with Gasteiger partial charge in [-0.1, -0.05) is 0 Å². The van der Waals surface area contributed by atoms with Crippen molar-refractivity contribution in [3.63, 3.8) is 0 Å². The molecule has 1 heterocycles. The first-order valence-electron chi connectivity index (χ1n) is 8.87. The molecule has 0 unspecified atom stereocenters. The lowest BCUT2D eigenvalue weighted by molar-refractivity contribution is -0.403. The third-order valence-corrected chi connectivity index (χ3v) is 4.42. The van der Waals surface area contributed by atoms with Crippen LogP contribution in [0.5, 0.6) is 0 Å². The summed E-state index contributed by atoms with van der Waals surface area (Å²) in [5.74, 6) is -0.461. The van der Waals surface area contributed by atoms with E-state index < -0.39 is 80.9 Å². The van der Waals surface area contributed by atoms with Crippen LogP contribution in [0.15, 0.2) is 36.5 Å². The highest BCUT2D eigenvalue weighted by molar-refractivity contribution is 5.80. The molecule has 1 N–H and O–H groups in total. The number of nitro benzene ring substituents is 6. The van der Waals surface area contributed by atoms with E-state index in [9.17, 15) is 60.7 Å². The molecule has 0 saturated carbocycles. The van der Waals surface area contributed by atoms with Crippen LogP contribution < -0.4 is 5.32 Å². The lowest BCUT2D eigenvalue weighted by Gasteiger charge is -2.06. The molecule has 0 bridgehead atoms. The predicted molar refractivity (Wildman–Crippen MR) is 113 cm³/mol. The smallest absolute Gasteiger partial charge is 0.308 e. The first-order valence-corrected chi connectivity index (χ1v) is 8.87. The number of aromatic nitrogens is 2. The van der Waals surface area contributed by atoms with Gasteiger partial charge in [0.2, 0.25) is 5.69 Å². The number of rotatable bonds is 9. The minimum atomic E-state index is -1.15. The third-order valence-electron chi connectivity index (χ3n) is 4.42. The standard InChI is InChI=1S/C15H7N9O12/c25-19(26)7-3-9(21(29)30)14(10(4-7)22(31)32)16-13-1-2-18(17-13)15-11(23(33)34)5-8(20(27)28)6-12(15)24(35)36/h1-6H,(H,16,17). The van der Waals surface area contributed by atoms with Crippen molar-refractivity contribution in [2.24, 2.45) is 0 Å². The van der Waals surface area contributed by atoms with Crippen LogP contribution >= 0.6 is 0 Å². The van der Waals surface area contributed by atoms with Crippen LogP contribution in [0.25, 0.3) is 5.69 Å². The van der Waals surface area contributed by atoms with Crippen LogP contribution in [0.1, 0.15) is 0 Å². The Balaban J connectivity index is 2.20. The second-order valence-electron chi connectivity index (χ2n) is 6.50. The average Bonchev–Trinajstić information content (AvgIpc) is 3.25. The van der Waals surface area contributed by atoms with Crippen molar-refractivity contribution in [2.75, 3.05) is 5.32 Å². The molecule has 36 heavy (non-hydrogen) atoms. The highest BCUT2D eigenvalue weighted by Crippen LogP contribution is 2.41. The topological polar surface area (TPSA) is 289 Å². The van der Waals surface area contributed by atoms with Crippen molar-refractivity contribution in [1.82, 2.24) is 9.78 Å². The van der Waals surface area contributed by atoms with Crippen LogP contribution in [0.2, 0.25) is 0 Å². The second-order valence-corrected chi connectivity index (χ2v) is 6.50. The van der Waals surface area contributed by atoms with E-state index >= 15 is 0 Å². The van der Waals surface area contributed by atoms with Gasteiger partial charge in [0.25, 0.3) is 11.4 Å². The van der Waals surface area contributed by atoms with Gasteiger partial charge in [-0.2, -0.15) is 0 Å². The molecule has 3 rings (SSSR count). The maximum Gasteiger partial charge on any atom is 0.308 e. The van der Waals surface area contributed by atoms with Gasteiger partial charge >= 0.3 is 22.7 Å². The van der Waals surface area contributed by atoms with E-state index in [-0.39, 0.29) is 0 Å². The fourth-order valence-electron chi connectivity index (χ4n) is 2.97. The Morgan fingerprint density at radius 3 is 1.36 bits per heavy atom. The van der Waals surface area contributed by atoms with Crippen LogP contribution in [-0.4, -0.2) is 39.3 Å². The molecule has 0 aliphatic carbocycles. The fraction of sp³-hybridized carbons (Fsp3) is 0. The summed E-state index contributed by atoms with van der Waals surface area (Å²) in [6.45, 7) is 0. The van der Waals surface area contributed by atoms with Gasteiger partial charge in [-0.3, -0.25) is 60.7 Å². The Labute approximate surface area is 194 Å². The molecule has 2 aromatic carbocycles. The van der Waals surface area contributed by atoms with Crippen molar-refractivity contribution in [3.05, 3.63) is 97.2 Å². The van der Waals surface area contributed by atoms with Crippen molar-refractivity contribution < 1.29 is 29.5 Å². The van der Waals surface area contributed by atoms with Crippen molar-refractivity contribution in [2.45, 2.75) is 0 Å². The van der Waals surface area contributed by atoms with Crippen LogP contribution in [-0.2, 0) is 0 Å². The summed E-state index contributed by atoms with van der Waals surface area (Å²) in [7, 11) is 0. The van der Waals surface area contributed by atoms with Gasteiger partial charge in [0.05, 0.1) is 53.8 Å². The molecule has 184 valence electrons. The first-order chi connectivity index (χ1) is 16.8. The largest absolute Gasteiger partial charge is 0.327 e. The molecule has 0 aliphatic rings. The molecule has 0 saturated heterocycles. The molecule has 3 aromatic rings. The number of hydrogen-bond donors (Lipinski definition) is 1. The first kappa shape index (κ1) is 24.5. The van der Waals surface area contributed by atoms with Gasteiger partial charge < -0.3 is 5.32 Å². The quantitative estimate of drug-likeness (QED) is 0.323. The predicted octanol–water partition coefficient (Wildman–Crippen LogP) is 3.07. The number of benzene rings is 2. The van der Waals surface area contributed by atoms with E-state index in [2.05, 4.69) is 10.4 Å². The Kier molecular flexibility index (Phi) is 6.13. The molecule has 0 atom stereocenters. The third kappa shape index (κ3) is 4.49. The van der Waals surface area contributed by atoms with Gasteiger partial charge in [-0.05, 0) is 0 Å². The maximum atomic E-state index is 11.5. The zero-order valence-electron chi connectivity index (χ0n) is 16.9. The molecule has 0 spiro atoms. The lowest BCUT2D eigenvalue weighted by Crippen LogP contribution is -2.07. The summed E-state index contributed by atoms with van der Waals surface area (Å²) >= 11 is 0. The van der Waals surface area contributed by atoms with E-state index in [0.29, 0.717) is 28.9 Å². The maximum absolute atomic E-state index is 11.5. The van der Waals surface area contributed by atoms with Crippen molar-refractivity contribution in [1.29, 1.82) is 0 Å². The Bertz CT molecular complexity index is 1430. The Morgan fingerprint density at radius 2 is 1.00 bits per heavy atom. The fourth-order valence-corrected chi connectivity index (χ4v) is 2.97. The van der Waals surface area contributed by atoms with E-state index in [1.54, 1.807) is 0 Å². The molecular weight excluding hydrogens is 498 g/mol. The number of nitrogens with one attached hydrogen (secondary N) is 1. The summed E-state index contributed by atoms with van der Waals surface area (Å²) in [6, 6.07) is 2.74. The van der Waals surface area contributed by atoms with E-state index in [0.717, 1.165) is 12.3 Å². The van der Waals surface area contributed by atoms with E-state index in [1.165, 1.54) is 0 Å². The molecule has 0 amide bonds. The normalized spacial score (nSPS) is 10.4. The van der Waals surface area contributed by atoms with Gasteiger partial charge in [-0.25, -0.2) is 4.68 Å². The van der Waals surface area contributed by atoms with Gasteiger partial charge in [-0.15, -0.1) is 5.10 Å². The zero-order valence-corrected chi connectivity index (χ0v) is 16.9. The lowest BCUT2D eigenvalue weighted by atomic mass is 10.2. The molecule has 0 aliphatic heterocycles. The molecule has 0 radical (unpaired) electrons. The minimum absolute atomic E-state index is 0.443. The monoisotopic (exact) mass is 505 g/mol. The summed E-state index contributed by atoms with van der Waals surface area (Å²) in [5.41, 5.74) is -7.92. The molecule has 0 fully saturated rings. The molecule has 21 heteroatoms. The summed E-state index contributed by atoms with van der Waals surface area (Å²) in [4.78, 5) is 61.0. The number of hydrogen-bond acceptors (Lipinski definition) is 14. The Morgan fingerprint density at radius 1 is 0.611 bits per heavy atom. The van der Waals surface area contributed by atoms with E-state index in [4.69, 9.17) is 0 Å². The zero-order chi connectivity index (χ0) is 26.9.